The Morgan fingerprint density at radius 1 is 0.925 bits per heavy atom. The van der Waals surface area contributed by atoms with Crippen molar-refractivity contribution in [2.75, 3.05) is 32.7 Å². The fourth-order valence-corrected chi connectivity index (χ4v) is 5.23. The van der Waals surface area contributed by atoms with Crippen LogP contribution in [0.15, 0.2) is 72.8 Å². The second-order valence-corrected chi connectivity index (χ2v) is 10.0. The summed E-state index contributed by atoms with van der Waals surface area (Å²) in [5.74, 6) is 0.707. The maximum Gasteiger partial charge on any atom is 0.416 e. The van der Waals surface area contributed by atoms with Crippen molar-refractivity contribution < 1.29 is 18.3 Å². The van der Waals surface area contributed by atoms with Crippen molar-refractivity contribution in [2.24, 2.45) is 0 Å². The maximum absolute atomic E-state index is 13.7. The molecule has 4 aromatic rings. The number of phenols is 1. The van der Waals surface area contributed by atoms with Crippen LogP contribution in [0.2, 0.25) is 0 Å². The third kappa shape index (κ3) is 5.93. The van der Waals surface area contributed by atoms with Gasteiger partial charge in [0.05, 0.1) is 17.3 Å². The Labute approximate surface area is 231 Å². The molecule has 0 unspecified atom stereocenters. The molecule has 1 atom stereocenters. The molecule has 1 aliphatic heterocycles. The molecule has 0 aliphatic carbocycles. The van der Waals surface area contributed by atoms with Crippen LogP contribution < -0.4 is 0 Å². The number of aromatic hydroxyl groups is 1. The zero-order valence-electron chi connectivity index (χ0n) is 22.4. The molecule has 0 bridgehead atoms. The summed E-state index contributed by atoms with van der Waals surface area (Å²) in [6.45, 7) is 7.28. The lowest BCUT2D eigenvalue weighted by atomic mass is 10.00. The van der Waals surface area contributed by atoms with Crippen LogP contribution in [0.4, 0.5) is 13.2 Å². The molecular weight excluding hydrogens is 517 g/mol. The van der Waals surface area contributed by atoms with E-state index >= 15 is 0 Å². The minimum Gasteiger partial charge on any atom is -0.507 e. The molecule has 1 aliphatic rings. The van der Waals surface area contributed by atoms with E-state index in [1.807, 2.05) is 56.3 Å². The lowest BCUT2D eigenvalue weighted by Gasteiger charge is -2.38. The van der Waals surface area contributed by atoms with E-state index in [0.717, 1.165) is 28.4 Å². The Bertz CT molecular complexity index is 1470. The van der Waals surface area contributed by atoms with Crippen LogP contribution in [-0.4, -0.2) is 67.8 Å². The smallest absolute Gasteiger partial charge is 0.416 e. The predicted octanol–water partition coefficient (Wildman–Crippen LogP) is 5.42. The molecule has 3 aromatic carbocycles. The van der Waals surface area contributed by atoms with Gasteiger partial charge >= 0.3 is 6.18 Å². The highest BCUT2D eigenvalue weighted by atomic mass is 19.4. The summed E-state index contributed by atoms with van der Waals surface area (Å²) in [5.41, 5.74) is 3.31. The summed E-state index contributed by atoms with van der Waals surface area (Å²) in [5, 5.41) is 22.6. The molecule has 40 heavy (non-hydrogen) atoms. The Balaban J connectivity index is 1.43. The van der Waals surface area contributed by atoms with Gasteiger partial charge in [-0.25, -0.2) is 0 Å². The zero-order chi connectivity index (χ0) is 28.3. The van der Waals surface area contributed by atoms with Crippen molar-refractivity contribution in [1.29, 1.82) is 0 Å². The monoisotopic (exact) mass is 548 g/mol. The van der Waals surface area contributed by atoms with Gasteiger partial charge in [-0.2, -0.15) is 17.9 Å². The zero-order valence-corrected chi connectivity index (χ0v) is 22.4. The van der Waals surface area contributed by atoms with Crippen LogP contribution >= 0.6 is 0 Å². The number of alkyl halides is 3. The highest BCUT2D eigenvalue weighted by Gasteiger charge is 2.35. The number of para-hydroxylation sites is 2. The minimum atomic E-state index is -4.46. The SMILES string of the molecule is Cc1cccc(C)c1-n1nnnc1[C@@H](c1cccc(C(F)(F)F)c1)N1CCN(CC=Cc2ccccc2O)CC1. The predicted molar refractivity (Wildman–Crippen MR) is 147 cm³/mol. The van der Waals surface area contributed by atoms with Gasteiger partial charge in [-0.3, -0.25) is 9.80 Å². The van der Waals surface area contributed by atoms with Gasteiger partial charge in [0, 0.05) is 38.3 Å². The molecule has 1 fully saturated rings. The van der Waals surface area contributed by atoms with Gasteiger partial charge in [0.15, 0.2) is 5.82 Å². The number of hydrogen-bond donors (Lipinski definition) is 1. The molecule has 2 heterocycles. The number of tetrazole rings is 1. The topological polar surface area (TPSA) is 70.3 Å². The molecule has 0 saturated carbocycles. The number of piperazine rings is 1. The van der Waals surface area contributed by atoms with Crippen LogP contribution in [-0.2, 0) is 6.18 Å². The molecule has 0 radical (unpaired) electrons. The third-order valence-corrected chi connectivity index (χ3v) is 7.29. The summed E-state index contributed by atoms with van der Waals surface area (Å²) >= 11 is 0. The summed E-state index contributed by atoms with van der Waals surface area (Å²) in [6, 6.07) is 17.9. The van der Waals surface area contributed by atoms with E-state index in [1.54, 1.807) is 22.9 Å². The first-order valence-corrected chi connectivity index (χ1v) is 13.2. The second kappa shape index (κ2) is 11.6. The number of aromatic nitrogens is 4. The van der Waals surface area contributed by atoms with Crippen molar-refractivity contribution in [3.8, 4) is 11.4 Å². The number of nitrogens with zero attached hydrogens (tertiary/aromatic N) is 6. The quantitative estimate of drug-likeness (QED) is 0.333. The van der Waals surface area contributed by atoms with Crippen LogP contribution in [0, 0.1) is 13.8 Å². The number of rotatable bonds is 7. The highest BCUT2D eigenvalue weighted by Crippen LogP contribution is 2.35. The first-order chi connectivity index (χ1) is 19.2. The van der Waals surface area contributed by atoms with E-state index in [-0.39, 0.29) is 5.75 Å². The largest absolute Gasteiger partial charge is 0.507 e. The van der Waals surface area contributed by atoms with Crippen LogP contribution in [0.25, 0.3) is 11.8 Å². The van der Waals surface area contributed by atoms with E-state index in [2.05, 4.69) is 25.3 Å². The van der Waals surface area contributed by atoms with Crippen molar-refractivity contribution in [2.45, 2.75) is 26.1 Å². The summed E-state index contributed by atoms with van der Waals surface area (Å²) in [4.78, 5) is 4.42. The molecule has 7 nitrogen and oxygen atoms in total. The van der Waals surface area contributed by atoms with Gasteiger partial charge in [-0.1, -0.05) is 60.7 Å². The Morgan fingerprint density at radius 3 is 2.33 bits per heavy atom. The fraction of sp³-hybridized carbons (Fsp3) is 0.300. The number of hydrogen-bond acceptors (Lipinski definition) is 6. The van der Waals surface area contributed by atoms with E-state index in [1.165, 1.54) is 12.1 Å². The van der Waals surface area contributed by atoms with Gasteiger partial charge in [0.2, 0.25) is 0 Å². The first-order valence-electron chi connectivity index (χ1n) is 13.2. The molecule has 208 valence electrons. The van der Waals surface area contributed by atoms with Crippen molar-refractivity contribution >= 4 is 6.08 Å². The van der Waals surface area contributed by atoms with Crippen molar-refractivity contribution in [3.63, 3.8) is 0 Å². The molecule has 5 rings (SSSR count). The van der Waals surface area contributed by atoms with E-state index in [4.69, 9.17) is 0 Å². The van der Waals surface area contributed by atoms with Crippen LogP contribution in [0.1, 0.15) is 39.7 Å². The standard InChI is InChI=1S/C30H31F3N6O/c1-21-8-5-9-22(2)27(21)39-29(34-35-36-39)28(24-11-6-13-25(20-24)30(31,32)33)38-18-16-37(17-19-38)15-7-12-23-10-3-4-14-26(23)40/h3-14,20,28,40H,15-19H2,1-2H3/t28-/m1/s1. The summed E-state index contributed by atoms with van der Waals surface area (Å²) in [6.07, 6.45) is -0.556. The lowest BCUT2D eigenvalue weighted by Crippen LogP contribution is -2.48. The number of aryl methyl sites for hydroxylation is 2. The maximum atomic E-state index is 13.7. The van der Waals surface area contributed by atoms with Gasteiger partial charge in [-0.15, -0.1) is 5.10 Å². The number of benzene rings is 3. The fourth-order valence-electron chi connectivity index (χ4n) is 5.23. The number of phenolic OH excluding ortho intramolecular Hbond substituents is 1. The Kier molecular flexibility index (Phi) is 7.99. The molecule has 10 heteroatoms. The molecule has 0 spiro atoms. The summed E-state index contributed by atoms with van der Waals surface area (Å²) in [7, 11) is 0. The minimum absolute atomic E-state index is 0.231. The van der Waals surface area contributed by atoms with Crippen molar-refractivity contribution in [1.82, 2.24) is 30.0 Å². The highest BCUT2D eigenvalue weighted by molar-refractivity contribution is 5.56. The Morgan fingerprint density at radius 2 is 1.62 bits per heavy atom. The molecular formula is C30H31F3N6O. The third-order valence-electron chi connectivity index (χ3n) is 7.29. The normalized spacial score (nSPS) is 16.0. The average molecular weight is 549 g/mol. The lowest BCUT2D eigenvalue weighted by molar-refractivity contribution is -0.137. The van der Waals surface area contributed by atoms with E-state index < -0.39 is 17.8 Å². The first kappa shape index (κ1) is 27.5. The molecule has 1 aromatic heterocycles. The summed E-state index contributed by atoms with van der Waals surface area (Å²) < 4.78 is 42.7. The average Bonchev–Trinajstić information content (AvgIpc) is 3.39. The van der Waals surface area contributed by atoms with Crippen molar-refractivity contribution in [3.05, 3.63) is 106 Å². The van der Waals surface area contributed by atoms with Gasteiger partial charge in [-0.05, 0) is 59.2 Å². The van der Waals surface area contributed by atoms with E-state index in [0.29, 0.717) is 44.1 Å². The van der Waals surface area contributed by atoms with E-state index in [9.17, 15) is 18.3 Å². The molecule has 0 amide bonds. The van der Waals surface area contributed by atoms with Crippen LogP contribution in [0.3, 0.4) is 0 Å². The van der Waals surface area contributed by atoms with Gasteiger partial charge < -0.3 is 5.11 Å². The van der Waals surface area contributed by atoms with Gasteiger partial charge in [0.1, 0.15) is 5.75 Å². The van der Waals surface area contributed by atoms with Crippen LogP contribution in [0.5, 0.6) is 5.75 Å². The molecule has 1 N–H and O–H groups in total. The number of halogens is 3. The molecule has 1 saturated heterocycles. The second-order valence-electron chi connectivity index (χ2n) is 10.0. The Hall–Kier alpha value is -4.02. The van der Waals surface area contributed by atoms with Gasteiger partial charge in [0.25, 0.3) is 0 Å².